The van der Waals surface area contributed by atoms with E-state index in [1.807, 2.05) is 45.0 Å². The predicted octanol–water partition coefficient (Wildman–Crippen LogP) is 4.45. The zero-order valence-corrected chi connectivity index (χ0v) is 14.4. The molecule has 2 heterocycles. The molecule has 0 aliphatic rings. The number of nitrogens with one attached hydrogen (secondary N) is 1. The smallest absolute Gasteiger partial charge is 0.256 e. The largest absolute Gasteiger partial charge is 0.437 e. The fourth-order valence-corrected chi connectivity index (χ4v) is 2.57. The van der Waals surface area contributed by atoms with Crippen LogP contribution in [-0.2, 0) is 0 Å². The van der Waals surface area contributed by atoms with Crippen molar-refractivity contribution >= 4 is 11.6 Å². The number of pyridine rings is 2. The molecule has 2 aromatic heterocycles. The molecule has 1 N–H and O–H groups in total. The van der Waals surface area contributed by atoms with Crippen molar-refractivity contribution in [3.8, 4) is 11.6 Å². The number of rotatable bonds is 4. The summed E-state index contributed by atoms with van der Waals surface area (Å²) >= 11 is 0. The molecule has 1 aromatic carbocycles. The van der Waals surface area contributed by atoms with E-state index in [9.17, 15) is 4.79 Å². The van der Waals surface area contributed by atoms with E-state index < -0.39 is 0 Å². The molecule has 3 rings (SSSR count). The van der Waals surface area contributed by atoms with E-state index >= 15 is 0 Å². The number of benzene rings is 1. The summed E-state index contributed by atoms with van der Waals surface area (Å²) in [5, 5.41) is 2.87. The van der Waals surface area contributed by atoms with Crippen molar-refractivity contribution in [1.82, 2.24) is 9.97 Å². The number of nitrogens with zero attached hydrogens (tertiary/aromatic N) is 2. The number of aromatic nitrogens is 2. The van der Waals surface area contributed by atoms with Gasteiger partial charge < -0.3 is 10.1 Å². The Morgan fingerprint density at radius 1 is 0.960 bits per heavy atom. The number of hydrogen-bond donors (Lipinski definition) is 1. The van der Waals surface area contributed by atoms with Gasteiger partial charge in [0.2, 0.25) is 5.88 Å². The van der Waals surface area contributed by atoms with Gasteiger partial charge in [0, 0.05) is 17.8 Å². The van der Waals surface area contributed by atoms with Gasteiger partial charge in [-0.1, -0.05) is 18.2 Å². The number of ether oxygens (including phenoxy) is 1. The van der Waals surface area contributed by atoms with Crippen molar-refractivity contribution < 1.29 is 9.53 Å². The van der Waals surface area contributed by atoms with Crippen LogP contribution in [0.5, 0.6) is 11.6 Å². The van der Waals surface area contributed by atoms with E-state index in [1.54, 1.807) is 30.6 Å². The molecule has 0 unspecified atom stereocenters. The molecule has 0 bridgehead atoms. The van der Waals surface area contributed by atoms with Crippen molar-refractivity contribution in [2.24, 2.45) is 0 Å². The molecule has 1 amide bonds. The molecule has 0 fully saturated rings. The topological polar surface area (TPSA) is 64.1 Å². The van der Waals surface area contributed by atoms with Gasteiger partial charge in [-0.25, -0.2) is 4.98 Å². The molecule has 0 radical (unpaired) electrons. The number of carbonyl (C=O) groups excluding carboxylic acids is 1. The number of amides is 1. The van der Waals surface area contributed by atoms with Gasteiger partial charge in [0.1, 0.15) is 0 Å². The normalized spacial score (nSPS) is 10.4. The van der Waals surface area contributed by atoms with E-state index in [0.717, 1.165) is 16.8 Å². The molecule has 0 saturated heterocycles. The van der Waals surface area contributed by atoms with Crippen LogP contribution in [0.3, 0.4) is 0 Å². The van der Waals surface area contributed by atoms with E-state index in [4.69, 9.17) is 4.74 Å². The summed E-state index contributed by atoms with van der Waals surface area (Å²) in [6.45, 7) is 5.72. The molecule has 0 aliphatic carbocycles. The Labute approximate surface area is 146 Å². The first-order valence-corrected chi connectivity index (χ1v) is 7.97. The average Bonchev–Trinajstić information content (AvgIpc) is 2.58. The monoisotopic (exact) mass is 333 g/mol. The van der Waals surface area contributed by atoms with Crippen molar-refractivity contribution in [2.75, 3.05) is 5.32 Å². The summed E-state index contributed by atoms with van der Waals surface area (Å²) in [5.74, 6) is 0.956. The quantitative estimate of drug-likeness (QED) is 0.766. The van der Waals surface area contributed by atoms with Gasteiger partial charge in [-0.3, -0.25) is 9.78 Å². The van der Waals surface area contributed by atoms with Crippen molar-refractivity contribution in [3.63, 3.8) is 0 Å². The highest BCUT2D eigenvalue weighted by Crippen LogP contribution is 2.23. The Hall–Kier alpha value is -3.21. The highest BCUT2D eigenvalue weighted by Gasteiger charge is 2.12. The minimum atomic E-state index is -0.144. The molecule has 3 aromatic rings. The Morgan fingerprint density at radius 2 is 1.72 bits per heavy atom. The summed E-state index contributed by atoms with van der Waals surface area (Å²) in [6, 6.07) is 12.9. The SMILES string of the molecule is Cc1cccc(C)c1C(=O)Nc1ccc(Oc2cccnc2C)nc1. The lowest BCUT2D eigenvalue weighted by molar-refractivity contribution is 0.102. The summed E-state index contributed by atoms with van der Waals surface area (Å²) in [4.78, 5) is 20.9. The maximum absolute atomic E-state index is 12.5. The predicted molar refractivity (Wildman–Crippen MR) is 97.2 cm³/mol. The summed E-state index contributed by atoms with van der Waals surface area (Å²) < 4.78 is 5.71. The molecule has 0 saturated carbocycles. The molecule has 0 atom stereocenters. The summed E-state index contributed by atoms with van der Waals surface area (Å²) in [6.07, 6.45) is 3.29. The van der Waals surface area contributed by atoms with Crippen LogP contribution in [0.2, 0.25) is 0 Å². The van der Waals surface area contributed by atoms with Crippen LogP contribution in [0.1, 0.15) is 27.2 Å². The molecular weight excluding hydrogens is 314 g/mol. The van der Waals surface area contributed by atoms with Crippen LogP contribution in [0, 0.1) is 20.8 Å². The third-order valence-corrected chi connectivity index (χ3v) is 3.88. The van der Waals surface area contributed by atoms with Crippen LogP contribution < -0.4 is 10.1 Å². The molecular formula is C20H19N3O2. The van der Waals surface area contributed by atoms with E-state index in [2.05, 4.69) is 15.3 Å². The first-order chi connectivity index (χ1) is 12.0. The zero-order valence-electron chi connectivity index (χ0n) is 14.4. The highest BCUT2D eigenvalue weighted by atomic mass is 16.5. The van der Waals surface area contributed by atoms with Crippen molar-refractivity contribution in [3.05, 3.63) is 77.2 Å². The maximum atomic E-state index is 12.5. The Balaban J connectivity index is 1.73. The molecule has 126 valence electrons. The highest BCUT2D eigenvalue weighted by molar-refractivity contribution is 6.06. The second-order valence-electron chi connectivity index (χ2n) is 5.80. The van der Waals surface area contributed by atoms with Gasteiger partial charge >= 0.3 is 0 Å². The van der Waals surface area contributed by atoms with Gasteiger partial charge in [-0.2, -0.15) is 0 Å². The van der Waals surface area contributed by atoms with Crippen molar-refractivity contribution in [2.45, 2.75) is 20.8 Å². The van der Waals surface area contributed by atoms with E-state index in [1.165, 1.54) is 0 Å². The van der Waals surface area contributed by atoms with Crippen LogP contribution in [0.15, 0.2) is 54.9 Å². The van der Waals surface area contributed by atoms with Gasteiger partial charge in [0.05, 0.1) is 17.6 Å². The molecule has 0 aliphatic heterocycles. The Kier molecular flexibility index (Phi) is 4.75. The molecule has 0 spiro atoms. The first kappa shape index (κ1) is 16.6. The van der Waals surface area contributed by atoms with Crippen molar-refractivity contribution in [1.29, 1.82) is 0 Å². The number of aryl methyl sites for hydroxylation is 3. The summed E-state index contributed by atoms with van der Waals surface area (Å²) in [7, 11) is 0. The Morgan fingerprint density at radius 3 is 2.36 bits per heavy atom. The average molecular weight is 333 g/mol. The standard InChI is InChI=1S/C20H19N3O2/c1-13-6-4-7-14(2)19(13)20(24)23-16-9-10-18(22-12-16)25-17-8-5-11-21-15(17)3/h4-12H,1-3H3,(H,23,24). The first-order valence-electron chi connectivity index (χ1n) is 7.97. The second kappa shape index (κ2) is 7.13. The minimum absolute atomic E-state index is 0.144. The minimum Gasteiger partial charge on any atom is -0.437 e. The summed E-state index contributed by atoms with van der Waals surface area (Å²) in [5.41, 5.74) is 3.98. The fraction of sp³-hybridized carbons (Fsp3) is 0.150. The van der Waals surface area contributed by atoms with Crippen LogP contribution in [-0.4, -0.2) is 15.9 Å². The van der Waals surface area contributed by atoms with E-state index in [-0.39, 0.29) is 5.91 Å². The lowest BCUT2D eigenvalue weighted by atomic mass is 10.0. The van der Waals surface area contributed by atoms with Gasteiger partial charge in [0.25, 0.3) is 5.91 Å². The van der Waals surface area contributed by atoms with Crippen LogP contribution in [0.25, 0.3) is 0 Å². The third kappa shape index (κ3) is 3.83. The van der Waals surface area contributed by atoms with Gasteiger partial charge in [0.15, 0.2) is 5.75 Å². The zero-order chi connectivity index (χ0) is 17.8. The third-order valence-electron chi connectivity index (χ3n) is 3.88. The lowest BCUT2D eigenvalue weighted by Crippen LogP contribution is -2.15. The van der Waals surface area contributed by atoms with Gasteiger partial charge in [-0.15, -0.1) is 0 Å². The number of carbonyl (C=O) groups is 1. The van der Waals surface area contributed by atoms with Gasteiger partial charge in [-0.05, 0) is 50.1 Å². The molecule has 5 heteroatoms. The number of hydrogen-bond acceptors (Lipinski definition) is 4. The van der Waals surface area contributed by atoms with E-state index in [0.29, 0.717) is 22.9 Å². The fourth-order valence-electron chi connectivity index (χ4n) is 2.57. The van der Waals surface area contributed by atoms with Crippen LogP contribution >= 0.6 is 0 Å². The Bertz CT molecular complexity index is 885. The molecule has 5 nitrogen and oxygen atoms in total. The van der Waals surface area contributed by atoms with Crippen LogP contribution in [0.4, 0.5) is 5.69 Å². The maximum Gasteiger partial charge on any atom is 0.256 e. The number of anilines is 1. The molecule has 25 heavy (non-hydrogen) atoms. The lowest BCUT2D eigenvalue weighted by Gasteiger charge is -2.11. The second-order valence-corrected chi connectivity index (χ2v) is 5.80.